The van der Waals surface area contributed by atoms with Gasteiger partial charge in [-0.2, -0.15) is 4.31 Å². The van der Waals surface area contributed by atoms with Crippen molar-refractivity contribution in [3.05, 3.63) is 64.7 Å². The van der Waals surface area contributed by atoms with Crippen LogP contribution in [-0.4, -0.2) is 43.9 Å². The maximum absolute atomic E-state index is 12.9. The molecule has 1 amide bonds. The maximum atomic E-state index is 12.9. The van der Waals surface area contributed by atoms with E-state index >= 15 is 0 Å². The van der Waals surface area contributed by atoms with Gasteiger partial charge in [-0.15, -0.1) is 0 Å². The molecule has 0 spiro atoms. The summed E-state index contributed by atoms with van der Waals surface area (Å²) in [6.45, 7) is 6.21. The fourth-order valence-electron chi connectivity index (χ4n) is 3.37. The lowest BCUT2D eigenvalue weighted by Crippen LogP contribution is -2.48. The smallest absolute Gasteiger partial charge is 0.251 e. The average Bonchev–Trinajstić information content (AvgIpc) is 2.67. The Morgan fingerprint density at radius 1 is 1.07 bits per heavy atom. The SMILES string of the molecule is CC1CN(S(=O)(=O)c2ccc(C(=O)NC(C)c3ccc(Cl)cc3)cc2)CC(C)O1. The fraction of sp³-hybridized carbons (Fsp3) is 0.381. The number of benzene rings is 2. The number of sulfonamides is 1. The Morgan fingerprint density at radius 2 is 1.62 bits per heavy atom. The standard InChI is InChI=1S/C21H25ClN2O4S/c1-14-12-24(13-15(2)28-14)29(26,27)20-10-6-18(7-11-20)21(25)23-16(3)17-4-8-19(22)9-5-17/h4-11,14-16H,12-13H2,1-3H3,(H,23,25). The Hall–Kier alpha value is -1.93. The lowest BCUT2D eigenvalue weighted by atomic mass is 10.1. The molecular weight excluding hydrogens is 412 g/mol. The molecule has 1 N–H and O–H groups in total. The summed E-state index contributed by atoms with van der Waals surface area (Å²) in [5.74, 6) is -0.273. The highest BCUT2D eigenvalue weighted by atomic mass is 35.5. The molecule has 0 aromatic heterocycles. The first-order valence-corrected chi connectivity index (χ1v) is 11.3. The van der Waals surface area contributed by atoms with Gasteiger partial charge in [0, 0.05) is 23.7 Å². The Balaban J connectivity index is 1.70. The second-order valence-electron chi connectivity index (χ2n) is 7.35. The third-order valence-electron chi connectivity index (χ3n) is 4.86. The van der Waals surface area contributed by atoms with E-state index in [1.54, 1.807) is 12.1 Å². The lowest BCUT2D eigenvalue weighted by molar-refractivity contribution is -0.0440. The van der Waals surface area contributed by atoms with Crippen LogP contribution >= 0.6 is 11.6 Å². The van der Waals surface area contributed by atoms with Gasteiger partial charge in [0.15, 0.2) is 0 Å². The number of rotatable bonds is 5. The zero-order valence-corrected chi connectivity index (χ0v) is 18.2. The summed E-state index contributed by atoms with van der Waals surface area (Å²) in [4.78, 5) is 12.7. The Morgan fingerprint density at radius 3 is 2.17 bits per heavy atom. The molecule has 1 heterocycles. The van der Waals surface area contributed by atoms with E-state index in [-0.39, 0.29) is 29.1 Å². The number of nitrogens with one attached hydrogen (secondary N) is 1. The van der Waals surface area contributed by atoms with E-state index in [1.165, 1.54) is 28.6 Å². The lowest BCUT2D eigenvalue weighted by Gasteiger charge is -2.34. The molecule has 0 bridgehead atoms. The molecule has 1 aliphatic rings. The predicted molar refractivity (Wildman–Crippen MR) is 113 cm³/mol. The summed E-state index contributed by atoms with van der Waals surface area (Å²) in [7, 11) is -3.63. The van der Waals surface area contributed by atoms with Crippen LogP contribution in [-0.2, 0) is 14.8 Å². The second kappa shape index (κ2) is 8.83. The van der Waals surface area contributed by atoms with Crippen LogP contribution in [0.2, 0.25) is 5.02 Å². The van der Waals surface area contributed by atoms with Crippen molar-refractivity contribution in [1.29, 1.82) is 0 Å². The van der Waals surface area contributed by atoms with E-state index < -0.39 is 10.0 Å². The first-order chi connectivity index (χ1) is 13.7. The molecule has 0 radical (unpaired) electrons. The first-order valence-electron chi connectivity index (χ1n) is 9.49. The van der Waals surface area contributed by atoms with E-state index in [0.29, 0.717) is 23.7 Å². The number of amides is 1. The minimum absolute atomic E-state index is 0.159. The zero-order chi connectivity index (χ0) is 21.2. The van der Waals surface area contributed by atoms with Gasteiger partial charge in [-0.3, -0.25) is 4.79 Å². The van der Waals surface area contributed by atoms with Crippen molar-refractivity contribution in [2.75, 3.05) is 13.1 Å². The third kappa shape index (κ3) is 5.17. The zero-order valence-electron chi connectivity index (χ0n) is 16.6. The largest absolute Gasteiger partial charge is 0.373 e. The fourth-order valence-corrected chi connectivity index (χ4v) is 5.09. The first kappa shape index (κ1) is 21.8. The molecule has 6 nitrogen and oxygen atoms in total. The molecule has 0 aliphatic carbocycles. The highest BCUT2D eigenvalue weighted by Gasteiger charge is 2.32. The summed E-state index contributed by atoms with van der Waals surface area (Å²) >= 11 is 5.89. The van der Waals surface area contributed by atoms with Gasteiger partial charge in [0.1, 0.15) is 0 Å². The Kier molecular flexibility index (Phi) is 6.63. The number of carbonyl (C=O) groups excluding carboxylic acids is 1. The number of carbonyl (C=O) groups is 1. The molecule has 29 heavy (non-hydrogen) atoms. The second-order valence-corrected chi connectivity index (χ2v) is 9.72. The van der Waals surface area contributed by atoms with E-state index in [0.717, 1.165) is 5.56 Å². The maximum Gasteiger partial charge on any atom is 0.251 e. The Bertz CT molecular complexity index is 951. The van der Waals surface area contributed by atoms with Gasteiger partial charge >= 0.3 is 0 Å². The van der Waals surface area contributed by atoms with E-state index in [4.69, 9.17) is 16.3 Å². The molecule has 3 unspecified atom stereocenters. The minimum Gasteiger partial charge on any atom is -0.373 e. The van der Waals surface area contributed by atoms with Crippen molar-refractivity contribution in [3.8, 4) is 0 Å². The molecule has 1 aliphatic heterocycles. The molecule has 0 saturated carbocycles. The normalized spacial score (nSPS) is 21.5. The van der Waals surface area contributed by atoms with Crippen LogP contribution in [0.1, 0.15) is 42.7 Å². The van der Waals surface area contributed by atoms with Crippen LogP contribution in [0.25, 0.3) is 0 Å². The number of halogens is 1. The number of morpholine rings is 1. The highest BCUT2D eigenvalue weighted by molar-refractivity contribution is 7.89. The quantitative estimate of drug-likeness (QED) is 0.776. The summed E-state index contributed by atoms with van der Waals surface area (Å²) < 4.78 is 32.9. The molecule has 1 fully saturated rings. The van der Waals surface area contributed by atoms with Crippen LogP contribution in [0.15, 0.2) is 53.4 Å². The summed E-state index contributed by atoms with van der Waals surface area (Å²) in [6, 6.07) is 13.1. The molecule has 1 saturated heterocycles. The van der Waals surface area contributed by atoms with Crippen molar-refractivity contribution < 1.29 is 17.9 Å². The van der Waals surface area contributed by atoms with Crippen LogP contribution in [0.5, 0.6) is 0 Å². The molecule has 3 rings (SSSR count). The molecule has 8 heteroatoms. The van der Waals surface area contributed by atoms with Gasteiger partial charge in [-0.25, -0.2) is 8.42 Å². The van der Waals surface area contributed by atoms with Crippen LogP contribution in [0.4, 0.5) is 0 Å². The predicted octanol–water partition coefficient (Wildman–Crippen LogP) is 3.63. The monoisotopic (exact) mass is 436 g/mol. The summed E-state index contributed by atoms with van der Waals surface area (Å²) in [6.07, 6.45) is -0.319. The van der Waals surface area contributed by atoms with Crippen LogP contribution in [0, 0.1) is 0 Å². The van der Waals surface area contributed by atoms with Gasteiger partial charge < -0.3 is 10.1 Å². The topological polar surface area (TPSA) is 75.7 Å². The number of hydrogen-bond acceptors (Lipinski definition) is 4. The molecule has 156 valence electrons. The van der Waals surface area contributed by atoms with Crippen LogP contribution < -0.4 is 5.32 Å². The molecular formula is C21H25ClN2O4S. The molecule has 3 atom stereocenters. The summed E-state index contributed by atoms with van der Waals surface area (Å²) in [5, 5.41) is 3.54. The minimum atomic E-state index is -3.63. The van der Waals surface area contributed by atoms with Gasteiger partial charge in [0.2, 0.25) is 10.0 Å². The number of ether oxygens (including phenoxy) is 1. The summed E-state index contributed by atoms with van der Waals surface area (Å²) in [5.41, 5.74) is 1.32. The highest BCUT2D eigenvalue weighted by Crippen LogP contribution is 2.22. The van der Waals surface area contributed by atoms with Gasteiger partial charge in [-0.1, -0.05) is 23.7 Å². The van der Waals surface area contributed by atoms with E-state index in [9.17, 15) is 13.2 Å². The van der Waals surface area contributed by atoms with Gasteiger partial charge in [0.25, 0.3) is 5.91 Å². The Labute approximate surface area is 176 Å². The van der Waals surface area contributed by atoms with Crippen molar-refractivity contribution in [3.63, 3.8) is 0 Å². The van der Waals surface area contributed by atoms with Crippen LogP contribution in [0.3, 0.4) is 0 Å². The number of nitrogens with zero attached hydrogens (tertiary/aromatic N) is 1. The third-order valence-corrected chi connectivity index (χ3v) is 6.96. The van der Waals surface area contributed by atoms with Crippen molar-refractivity contribution >= 4 is 27.5 Å². The van der Waals surface area contributed by atoms with E-state index in [2.05, 4.69) is 5.32 Å². The van der Waals surface area contributed by atoms with E-state index in [1.807, 2.05) is 32.9 Å². The average molecular weight is 437 g/mol. The van der Waals surface area contributed by atoms with Crippen molar-refractivity contribution in [2.45, 2.75) is 43.9 Å². The molecule has 2 aromatic rings. The van der Waals surface area contributed by atoms with Crippen molar-refractivity contribution in [2.24, 2.45) is 0 Å². The van der Waals surface area contributed by atoms with Gasteiger partial charge in [-0.05, 0) is 62.7 Å². The number of hydrogen-bond donors (Lipinski definition) is 1. The van der Waals surface area contributed by atoms with Gasteiger partial charge in [0.05, 0.1) is 23.1 Å². The molecule has 2 aromatic carbocycles. The van der Waals surface area contributed by atoms with Crippen molar-refractivity contribution in [1.82, 2.24) is 9.62 Å².